The molecule has 0 bridgehead atoms. The van der Waals surface area contributed by atoms with E-state index in [-0.39, 0.29) is 11.4 Å². The minimum absolute atomic E-state index is 0.000696. The minimum Gasteiger partial charge on any atom is -0.489 e. The predicted molar refractivity (Wildman–Crippen MR) is 154 cm³/mol. The number of rotatable bonds is 11. The summed E-state index contributed by atoms with van der Waals surface area (Å²) in [5.74, 6) is 0.150. The molecule has 0 aliphatic carbocycles. The van der Waals surface area contributed by atoms with E-state index in [0.29, 0.717) is 17.9 Å². The number of para-hydroxylation sites is 3. The van der Waals surface area contributed by atoms with E-state index in [2.05, 4.69) is 10.5 Å². The fourth-order valence-electron chi connectivity index (χ4n) is 3.95. The Balaban J connectivity index is 1.29. The predicted octanol–water partition coefficient (Wildman–Crippen LogP) is 5.56. The Morgan fingerprint density at radius 1 is 0.902 bits per heavy atom. The molecular weight excluding hydrogens is 522 g/mol. The summed E-state index contributed by atoms with van der Waals surface area (Å²) < 4.78 is 13.0. The van der Waals surface area contributed by atoms with Crippen molar-refractivity contribution in [2.75, 3.05) is 6.61 Å². The first-order chi connectivity index (χ1) is 20.1. The highest BCUT2D eigenvalue weighted by molar-refractivity contribution is 5.90. The van der Waals surface area contributed by atoms with Crippen LogP contribution in [0, 0.1) is 10.1 Å². The highest BCUT2D eigenvalue weighted by atomic mass is 16.6. The maximum atomic E-state index is 12.3. The van der Waals surface area contributed by atoms with Crippen molar-refractivity contribution in [1.29, 1.82) is 0 Å². The van der Waals surface area contributed by atoms with E-state index in [1.54, 1.807) is 10.7 Å². The van der Waals surface area contributed by atoms with E-state index in [9.17, 15) is 14.9 Å². The van der Waals surface area contributed by atoms with E-state index in [0.717, 1.165) is 22.6 Å². The number of amides is 1. The SMILES string of the molecule is O=C(COc1ccccc1[N+](=O)[O-])N/N=C/c1cn(-c2ccccc2)nc1-c1ccc(OCc2ccccc2)cc1. The average Bonchev–Trinajstić information content (AvgIpc) is 3.44. The molecule has 5 rings (SSSR count). The van der Waals surface area contributed by atoms with Gasteiger partial charge in [-0.05, 0) is 48.0 Å². The number of nitrogens with one attached hydrogen (secondary N) is 1. The van der Waals surface area contributed by atoms with Crippen LogP contribution < -0.4 is 14.9 Å². The molecule has 0 spiro atoms. The highest BCUT2D eigenvalue weighted by Gasteiger charge is 2.15. The lowest BCUT2D eigenvalue weighted by Gasteiger charge is -2.07. The molecule has 0 saturated heterocycles. The third kappa shape index (κ3) is 7.01. The molecule has 204 valence electrons. The lowest BCUT2D eigenvalue weighted by Crippen LogP contribution is -2.24. The molecule has 4 aromatic carbocycles. The van der Waals surface area contributed by atoms with Gasteiger partial charge in [0.15, 0.2) is 12.4 Å². The van der Waals surface area contributed by atoms with Gasteiger partial charge in [0, 0.05) is 23.4 Å². The number of ether oxygens (including phenoxy) is 2. The molecule has 10 heteroatoms. The number of nitrogens with zero attached hydrogens (tertiary/aromatic N) is 4. The molecule has 5 aromatic rings. The second-order valence-corrected chi connectivity index (χ2v) is 8.82. The lowest BCUT2D eigenvalue weighted by molar-refractivity contribution is -0.385. The van der Waals surface area contributed by atoms with E-state index in [4.69, 9.17) is 14.6 Å². The van der Waals surface area contributed by atoms with Gasteiger partial charge in [0.2, 0.25) is 0 Å². The summed E-state index contributed by atoms with van der Waals surface area (Å²) in [7, 11) is 0. The Kier molecular flexibility index (Phi) is 8.41. The number of nitro groups is 1. The maximum absolute atomic E-state index is 12.3. The first kappa shape index (κ1) is 26.8. The molecule has 0 aliphatic heterocycles. The molecule has 0 radical (unpaired) electrons. The number of aromatic nitrogens is 2. The Labute approximate surface area is 235 Å². The highest BCUT2D eigenvalue weighted by Crippen LogP contribution is 2.26. The van der Waals surface area contributed by atoms with Crippen LogP contribution in [0.25, 0.3) is 16.9 Å². The molecule has 1 aromatic heterocycles. The molecule has 0 saturated carbocycles. The number of nitro benzene ring substituents is 1. The zero-order valence-corrected chi connectivity index (χ0v) is 21.8. The van der Waals surface area contributed by atoms with Crippen LogP contribution in [0.4, 0.5) is 5.69 Å². The number of hydrogen-bond acceptors (Lipinski definition) is 7. The third-order valence-corrected chi connectivity index (χ3v) is 5.95. The van der Waals surface area contributed by atoms with Crippen LogP contribution in [-0.4, -0.2) is 33.4 Å². The van der Waals surface area contributed by atoms with Crippen molar-refractivity contribution >= 4 is 17.8 Å². The van der Waals surface area contributed by atoms with Gasteiger partial charge in [-0.25, -0.2) is 10.1 Å². The van der Waals surface area contributed by atoms with Gasteiger partial charge in [-0.2, -0.15) is 10.2 Å². The van der Waals surface area contributed by atoms with Gasteiger partial charge < -0.3 is 9.47 Å². The standard InChI is InChI=1S/C31H25N5O5/c37-30(22-41-29-14-8-7-13-28(29)36(38)39)33-32-19-25-20-35(26-11-5-2-6-12-26)34-31(25)24-15-17-27(18-16-24)40-21-23-9-3-1-4-10-23/h1-20H,21-22H2,(H,33,37)/b32-19+. The van der Waals surface area contributed by atoms with Crippen LogP contribution >= 0.6 is 0 Å². The maximum Gasteiger partial charge on any atom is 0.310 e. The van der Waals surface area contributed by atoms with Crippen molar-refractivity contribution < 1.29 is 19.2 Å². The van der Waals surface area contributed by atoms with Crippen molar-refractivity contribution in [3.8, 4) is 28.4 Å². The molecule has 1 amide bonds. The zero-order valence-electron chi connectivity index (χ0n) is 21.8. The number of carbonyl (C=O) groups excluding carboxylic acids is 1. The van der Waals surface area contributed by atoms with E-state index in [1.165, 1.54) is 24.4 Å². The van der Waals surface area contributed by atoms with Gasteiger partial charge >= 0.3 is 5.69 Å². The van der Waals surface area contributed by atoms with Crippen molar-refractivity contribution in [2.45, 2.75) is 6.61 Å². The van der Waals surface area contributed by atoms with Crippen molar-refractivity contribution in [1.82, 2.24) is 15.2 Å². The molecule has 10 nitrogen and oxygen atoms in total. The smallest absolute Gasteiger partial charge is 0.310 e. The summed E-state index contributed by atoms with van der Waals surface area (Å²) in [5.41, 5.74) is 6.25. The summed E-state index contributed by atoms with van der Waals surface area (Å²) in [6.45, 7) is 0.0184. The third-order valence-electron chi connectivity index (χ3n) is 5.95. The summed E-state index contributed by atoms with van der Waals surface area (Å²) in [6, 6.07) is 33.0. The summed E-state index contributed by atoms with van der Waals surface area (Å²) in [5, 5.41) is 20.0. The van der Waals surface area contributed by atoms with Gasteiger partial charge in [-0.1, -0.05) is 60.7 Å². The second kappa shape index (κ2) is 12.9. The second-order valence-electron chi connectivity index (χ2n) is 8.82. The molecule has 0 fully saturated rings. The van der Waals surface area contributed by atoms with Crippen LogP contribution in [0.1, 0.15) is 11.1 Å². The fraction of sp³-hybridized carbons (Fsp3) is 0.0645. The Hall–Kier alpha value is -5.77. The van der Waals surface area contributed by atoms with Crippen LogP contribution in [-0.2, 0) is 11.4 Å². The van der Waals surface area contributed by atoms with Crippen molar-refractivity contribution in [3.63, 3.8) is 0 Å². The minimum atomic E-state index is -0.573. The van der Waals surface area contributed by atoms with E-state index < -0.39 is 17.4 Å². The summed E-state index contributed by atoms with van der Waals surface area (Å²) in [6.07, 6.45) is 3.30. The summed E-state index contributed by atoms with van der Waals surface area (Å²) >= 11 is 0. The molecule has 1 N–H and O–H groups in total. The van der Waals surface area contributed by atoms with Gasteiger partial charge in [-0.3, -0.25) is 14.9 Å². The first-order valence-electron chi connectivity index (χ1n) is 12.7. The van der Waals surface area contributed by atoms with Crippen molar-refractivity contribution in [2.24, 2.45) is 5.10 Å². The van der Waals surface area contributed by atoms with Crippen LogP contribution in [0.5, 0.6) is 11.5 Å². The van der Waals surface area contributed by atoms with Crippen LogP contribution in [0.3, 0.4) is 0 Å². The molecule has 0 unspecified atom stereocenters. The van der Waals surface area contributed by atoms with Crippen LogP contribution in [0.2, 0.25) is 0 Å². The van der Waals surface area contributed by atoms with Crippen molar-refractivity contribution in [3.05, 3.63) is 137 Å². The Morgan fingerprint density at radius 3 is 2.32 bits per heavy atom. The molecule has 0 aliphatic rings. The van der Waals surface area contributed by atoms with Gasteiger partial charge in [0.25, 0.3) is 5.91 Å². The molecule has 0 atom stereocenters. The van der Waals surface area contributed by atoms with E-state index in [1.807, 2.05) is 91.1 Å². The van der Waals surface area contributed by atoms with Gasteiger partial charge in [0.05, 0.1) is 16.8 Å². The van der Waals surface area contributed by atoms with Gasteiger partial charge in [0.1, 0.15) is 18.1 Å². The fourth-order valence-corrected chi connectivity index (χ4v) is 3.95. The Bertz CT molecular complexity index is 1650. The lowest BCUT2D eigenvalue weighted by atomic mass is 10.1. The first-order valence-corrected chi connectivity index (χ1v) is 12.7. The van der Waals surface area contributed by atoms with Gasteiger partial charge in [-0.15, -0.1) is 0 Å². The molecule has 41 heavy (non-hydrogen) atoms. The number of hydrazone groups is 1. The largest absolute Gasteiger partial charge is 0.489 e. The Morgan fingerprint density at radius 2 is 1.59 bits per heavy atom. The number of hydrogen-bond donors (Lipinski definition) is 1. The van der Waals surface area contributed by atoms with Crippen LogP contribution in [0.15, 0.2) is 120 Å². The monoisotopic (exact) mass is 547 g/mol. The number of benzene rings is 4. The quantitative estimate of drug-likeness (QED) is 0.131. The topological polar surface area (TPSA) is 121 Å². The molecule has 1 heterocycles. The average molecular weight is 548 g/mol. The van der Waals surface area contributed by atoms with E-state index >= 15 is 0 Å². The number of carbonyl (C=O) groups is 1. The normalized spacial score (nSPS) is 10.8. The molecular formula is C31H25N5O5. The zero-order chi connectivity index (χ0) is 28.4. The summed E-state index contributed by atoms with van der Waals surface area (Å²) in [4.78, 5) is 22.9.